The number of benzene rings is 1. The van der Waals surface area contributed by atoms with Crippen molar-refractivity contribution >= 4 is 17.3 Å². The Labute approximate surface area is 106 Å². The minimum Gasteiger partial charge on any atom is -0.396 e. The number of rotatable bonds is 4. The van der Waals surface area contributed by atoms with Crippen molar-refractivity contribution in [2.75, 3.05) is 5.73 Å². The average Bonchev–Trinajstić information content (AvgIpc) is 2.65. The number of nitrogens with zero attached hydrogens (tertiary/aromatic N) is 2. The monoisotopic (exact) mass is 249 g/mol. The summed E-state index contributed by atoms with van der Waals surface area (Å²) < 4.78 is 1.93. The van der Waals surface area contributed by atoms with Crippen LogP contribution < -0.4 is 5.73 Å². The van der Waals surface area contributed by atoms with Crippen LogP contribution in [0.2, 0.25) is 5.02 Å². The highest BCUT2D eigenvalue weighted by atomic mass is 35.5. The highest BCUT2D eigenvalue weighted by molar-refractivity contribution is 6.31. The second-order valence-electron chi connectivity index (χ2n) is 4.05. The lowest BCUT2D eigenvalue weighted by molar-refractivity contribution is 0.638. The molecule has 0 spiro atoms. The Kier molecular flexibility index (Phi) is 3.69. The van der Waals surface area contributed by atoms with E-state index in [0.717, 1.165) is 34.8 Å². The van der Waals surface area contributed by atoms with Gasteiger partial charge in [-0.1, -0.05) is 43.1 Å². The zero-order valence-electron chi connectivity index (χ0n) is 9.86. The molecule has 0 aliphatic carbocycles. The smallest absolute Gasteiger partial charge is 0.0733 e. The van der Waals surface area contributed by atoms with E-state index in [9.17, 15) is 0 Å². The molecule has 3 nitrogen and oxygen atoms in total. The zero-order chi connectivity index (χ0) is 12.3. The van der Waals surface area contributed by atoms with E-state index in [0.29, 0.717) is 6.54 Å². The molecule has 0 saturated heterocycles. The number of nitrogen functional groups attached to an aromatic ring is 1. The minimum atomic E-state index is 0.673. The van der Waals surface area contributed by atoms with E-state index >= 15 is 0 Å². The van der Waals surface area contributed by atoms with Gasteiger partial charge in [-0.2, -0.15) is 5.10 Å². The molecule has 0 aliphatic heterocycles. The predicted octanol–water partition coefficient (Wildman–Crippen LogP) is 3.12. The summed E-state index contributed by atoms with van der Waals surface area (Å²) in [5.74, 6) is 0. The highest BCUT2D eigenvalue weighted by Gasteiger charge is 2.08. The molecule has 17 heavy (non-hydrogen) atoms. The molecule has 4 heteroatoms. The summed E-state index contributed by atoms with van der Waals surface area (Å²) in [5.41, 5.74) is 8.82. The van der Waals surface area contributed by atoms with Crippen LogP contribution in [0.15, 0.2) is 30.5 Å². The van der Waals surface area contributed by atoms with E-state index in [4.69, 9.17) is 17.3 Å². The molecule has 0 amide bonds. The summed E-state index contributed by atoms with van der Waals surface area (Å²) in [6.45, 7) is 2.80. The SMILES string of the molecule is CCCc1c(N)cnn1Cc1ccccc1Cl. The number of aromatic nitrogens is 2. The third-order valence-corrected chi connectivity index (χ3v) is 3.11. The summed E-state index contributed by atoms with van der Waals surface area (Å²) in [4.78, 5) is 0. The molecule has 1 aromatic carbocycles. The highest BCUT2D eigenvalue weighted by Crippen LogP contribution is 2.19. The van der Waals surface area contributed by atoms with Gasteiger partial charge in [-0.25, -0.2) is 0 Å². The van der Waals surface area contributed by atoms with E-state index in [2.05, 4.69) is 12.0 Å². The van der Waals surface area contributed by atoms with Crippen molar-refractivity contribution in [3.05, 3.63) is 46.7 Å². The Bertz CT molecular complexity index is 505. The number of hydrogen-bond donors (Lipinski definition) is 1. The van der Waals surface area contributed by atoms with Crippen LogP contribution in [0.5, 0.6) is 0 Å². The molecular weight excluding hydrogens is 234 g/mol. The predicted molar refractivity (Wildman–Crippen MR) is 71.2 cm³/mol. The summed E-state index contributed by atoms with van der Waals surface area (Å²) in [7, 11) is 0. The molecule has 0 saturated carbocycles. The second-order valence-corrected chi connectivity index (χ2v) is 4.45. The molecule has 0 atom stereocenters. The van der Waals surface area contributed by atoms with Gasteiger partial charge in [-0.15, -0.1) is 0 Å². The fraction of sp³-hybridized carbons (Fsp3) is 0.308. The quantitative estimate of drug-likeness (QED) is 0.905. The third-order valence-electron chi connectivity index (χ3n) is 2.75. The molecule has 2 rings (SSSR count). The molecule has 2 aromatic rings. The van der Waals surface area contributed by atoms with Crippen LogP contribution >= 0.6 is 11.6 Å². The Balaban J connectivity index is 2.27. The van der Waals surface area contributed by atoms with Gasteiger partial charge in [0.05, 0.1) is 24.1 Å². The molecule has 0 unspecified atom stereocenters. The van der Waals surface area contributed by atoms with Gasteiger partial charge in [0.2, 0.25) is 0 Å². The van der Waals surface area contributed by atoms with Crippen molar-refractivity contribution in [1.82, 2.24) is 9.78 Å². The number of hydrogen-bond acceptors (Lipinski definition) is 2. The fourth-order valence-corrected chi connectivity index (χ4v) is 2.06. The fourth-order valence-electron chi connectivity index (χ4n) is 1.86. The van der Waals surface area contributed by atoms with Crippen molar-refractivity contribution in [3.63, 3.8) is 0 Å². The summed E-state index contributed by atoms with van der Waals surface area (Å²) in [5, 5.41) is 5.07. The van der Waals surface area contributed by atoms with Gasteiger partial charge in [0, 0.05) is 5.02 Å². The number of halogens is 1. The second kappa shape index (κ2) is 5.23. The van der Waals surface area contributed by atoms with Gasteiger partial charge in [0.1, 0.15) is 0 Å². The molecular formula is C13H16ClN3. The normalized spacial score (nSPS) is 10.7. The first-order valence-corrected chi connectivity index (χ1v) is 6.13. The van der Waals surface area contributed by atoms with E-state index in [1.807, 2.05) is 28.9 Å². The van der Waals surface area contributed by atoms with Crippen LogP contribution in [0.1, 0.15) is 24.6 Å². The maximum absolute atomic E-state index is 6.14. The lowest BCUT2D eigenvalue weighted by Gasteiger charge is -2.08. The summed E-state index contributed by atoms with van der Waals surface area (Å²) >= 11 is 6.14. The van der Waals surface area contributed by atoms with Crippen molar-refractivity contribution < 1.29 is 0 Å². The molecule has 0 bridgehead atoms. The third kappa shape index (κ3) is 2.61. The summed E-state index contributed by atoms with van der Waals surface area (Å²) in [6.07, 6.45) is 3.70. The van der Waals surface area contributed by atoms with Crippen molar-refractivity contribution in [1.29, 1.82) is 0 Å². The van der Waals surface area contributed by atoms with E-state index in [-0.39, 0.29) is 0 Å². The van der Waals surface area contributed by atoms with E-state index in [1.54, 1.807) is 6.20 Å². The van der Waals surface area contributed by atoms with Crippen LogP contribution in [0.3, 0.4) is 0 Å². The largest absolute Gasteiger partial charge is 0.396 e. The molecule has 90 valence electrons. The Morgan fingerprint density at radius 2 is 2.12 bits per heavy atom. The Morgan fingerprint density at radius 1 is 1.35 bits per heavy atom. The molecule has 0 radical (unpaired) electrons. The van der Waals surface area contributed by atoms with Gasteiger partial charge < -0.3 is 5.73 Å². The topological polar surface area (TPSA) is 43.8 Å². The molecule has 0 fully saturated rings. The van der Waals surface area contributed by atoms with Gasteiger partial charge in [0.15, 0.2) is 0 Å². The van der Waals surface area contributed by atoms with Crippen LogP contribution in [0.25, 0.3) is 0 Å². The van der Waals surface area contributed by atoms with Gasteiger partial charge >= 0.3 is 0 Å². The van der Waals surface area contributed by atoms with Crippen LogP contribution in [0.4, 0.5) is 5.69 Å². The molecule has 1 aromatic heterocycles. The summed E-state index contributed by atoms with van der Waals surface area (Å²) in [6, 6.07) is 7.81. The number of nitrogens with two attached hydrogens (primary N) is 1. The van der Waals surface area contributed by atoms with Crippen LogP contribution in [-0.4, -0.2) is 9.78 Å². The van der Waals surface area contributed by atoms with Crippen molar-refractivity contribution in [2.45, 2.75) is 26.3 Å². The van der Waals surface area contributed by atoms with Gasteiger partial charge in [-0.05, 0) is 18.1 Å². The first-order valence-electron chi connectivity index (χ1n) is 5.76. The molecule has 1 heterocycles. The minimum absolute atomic E-state index is 0.673. The van der Waals surface area contributed by atoms with E-state index < -0.39 is 0 Å². The Hall–Kier alpha value is -1.48. The molecule has 2 N–H and O–H groups in total. The van der Waals surface area contributed by atoms with Gasteiger partial charge in [0.25, 0.3) is 0 Å². The lowest BCUT2D eigenvalue weighted by Crippen LogP contribution is -2.07. The maximum atomic E-state index is 6.14. The van der Waals surface area contributed by atoms with Gasteiger partial charge in [-0.3, -0.25) is 4.68 Å². The Morgan fingerprint density at radius 3 is 2.82 bits per heavy atom. The van der Waals surface area contributed by atoms with Crippen molar-refractivity contribution in [2.24, 2.45) is 0 Å². The standard InChI is InChI=1S/C13H16ClN3/c1-2-5-13-12(15)8-16-17(13)9-10-6-3-4-7-11(10)14/h3-4,6-8H,2,5,9,15H2,1H3. The first kappa shape index (κ1) is 12.0. The average molecular weight is 250 g/mol. The lowest BCUT2D eigenvalue weighted by atomic mass is 10.2. The van der Waals surface area contributed by atoms with Crippen molar-refractivity contribution in [3.8, 4) is 0 Å². The zero-order valence-corrected chi connectivity index (χ0v) is 10.6. The van der Waals surface area contributed by atoms with Crippen LogP contribution in [-0.2, 0) is 13.0 Å². The van der Waals surface area contributed by atoms with E-state index in [1.165, 1.54) is 0 Å². The number of anilines is 1. The first-order chi connectivity index (χ1) is 8.22. The maximum Gasteiger partial charge on any atom is 0.0733 e. The van der Waals surface area contributed by atoms with Crippen LogP contribution in [0, 0.1) is 0 Å². The molecule has 0 aliphatic rings.